The number of carbonyl (C=O) groups excluding carboxylic acids is 2. The molecule has 0 saturated carbocycles. The van der Waals surface area contributed by atoms with Crippen molar-refractivity contribution in [1.29, 1.82) is 0 Å². The van der Waals surface area contributed by atoms with E-state index < -0.39 is 11.8 Å². The van der Waals surface area contributed by atoms with Crippen molar-refractivity contribution in [2.24, 2.45) is 0 Å². The van der Waals surface area contributed by atoms with Crippen LogP contribution in [0.3, 0.4) is 0 Å². The summed E-state index contributed by atoms with van der Waals surface area (Å²) in [5, 5.41) is 6.18. The van der Waals surface area contributed by atoms with Gasteiger partial charge in [0, 0.05) is 23.4 Å². The third-order valence-electron chi connectivity index (χ3n) is 4.39. The molecule has 150 valence electrons. The molecule has 1 heterocycles. The van der Waals surface area contributed by atoms with Gasteiger partial charge in [-0.25, -0.2) is 4.98 Å². The maximum atomic E-state index is 12.1. The maximum Gasteiger partial charge on any atom is 0.313 e. The van der Waals surface area contributed by atoms with Crippen LogP contribution in [0.1, 0.15) is 16.1 Å². The number of benzene rings is 2. The van der Waals surface area contributed by atoms with E-state index in [0.29, 0.717) is 24.4 Å². The normalized spacial score (nSPS) is 10.4. The molecule has 0 saturated heterocycles. The van der Waals surface area contributed by atoms with Crippen molar-refractivity contribution in [3.63, 3.8) is 0 Å². The van der Waals surface area contributed by atoms with Crippen LogP contribution in [-0.2, 0) is 16.0 Å². The zero-order valence-corrected chi connectivity index (χ0v) is 17.4. The number of para-hydroxylation sites is 2. The zero-order valence-electron chi connectivity index (χ0n) is 16.6. The molecule has 2 N–H and O–H groups in total. The first-order valence-electron chi connectivity index (χ1n) is 9.23. The average Bonchev–Trinajstić information content (AvgIpc) is 3.09. The second-order valence-corrected chi connectivity index (χ2v) is 7.64. The summed E-state index contributed by atoms with van der Waals surface area (Å²) in [5.41, 5.74) is 3.68. The van der Waals surface area contributed by atoms with Gasteiger partial charge in [-0.3, -0.25) is 9.59 Å². The van der Waals surface area contributed by atoms with E-state index in [4.69, 9.17) is 4.74 Å². The minimum atomic E-state index is -0.726. The molecule has 7 heteroatoms. The number of nitrogens with one attached hydrogen (secondary N) is 2. The second kappa shape index (κ2) is 9.34. The highest BCUT2D eigenvalue weighted by molar-refractivity contribution is 7.15. The Labute approximate surface area is 173 Å². The summed E-state index contributed by atoms with van der Waals surface area (Å²) >= 11 is 1.61. The third-order valence-corrected chi connectivity index (χ3v) is 5.66. The van der Waals surface area contributed by atoms with Crippen molar-refractivity contribution in [2.45, 2.75) is 20.3 Å². The number of aromatic nitrogens is 1. The fourth-order valence-corrected chi connectivity index (χ4v) is 3.84. The first kappa shape index (κ1) is 20.5. The van der Waals surface area contributed by atoms with Crippen LogP contribution in [0.5, 0.6) is 5.75 Å². The van der Waals surface area contributed by atoms with Gasteiger partial charge in [-0.1, -0.05) is 42.0 Å². The molecular formula is C22H23N3O3S. The summed E-state index contributed by atoms with van der Waals surface area (Å²) in [6.07, 6.45) is 0.614. The van der Waals surface area contributed by atoms with E-state index in [1.54, 1.807) is 35.6 Å². The highest BCUT2D eigenvalue weighted by atomic mass is 32.1. The molecule has 3 aromatic rings. The molecule has 0 fully saturated rings. The van der Waals surface area contributed by atoms with Crippen molar-refractivity contribution in [1.82, 2.24) is 10.3 Å². The van der Waals surface area contributed by atoms with Gasteiger partial charge in [0.25, 0.3) is 0 Å². The monoisotopic (exact) mass is 409 g/mol. The van der Waals surface area contributed by atoms with Crippen molar-refractivity contribution < 1.29 is 14.3 Å². The van der Waals surface area contributed by atoms with Crippen LogP contribution in [-0.4, -0.2) is 30.5 Å². The number of hydrogen-bond acceptors (Lipinski definition) is 5. The second-order valence-electron chi connectivity index (χ2n) is 6.55. The molecule has 2 amide bonds. The van der Waals surface area contributed by atoms with Gasteiger partial charge in [-0.2, -0.15) is 0 Å². The molecule has 0 aliphatic heterocycles. The Morgan fingerprint density at radius 1 is 1.03 bits per heavy atom. The number of carbonyl (C=O) groups is 2. The van der Waals surface area contributed by atoms with Crippen molar-refractivity contribution in [3.05, 3.63) is 64.7 Å². The predicted molar refractivity (Wildman–Crippen MR) is 115 cm³/mol. The van der Waals surface area contributed by atoms with Crippen LogP contribution in [0.2, 0.25) is 0 Å². The van der Waals surface area contributed by atoms with E-state index in [1.165, 1.54) is 12.7 Å². The molecule has 0 aliphatic carbocycles. The number of methoxy groups -OCH3 is 1. The molecule has 6 nitrogen and oxygen atoms in total. The summed E-state index contributed by atoms with van der Waals surface area (Å²) < 4.78 is 5.17. The maximum absolute atomic E-state index is 12.1. The summed E-state index contributed by atoms with van der Waals surface area (Å²) in [5.74, 6) is -0.912. The van der Waals surface area contributed by atoms with Gasteiger partial charge in [0.05, 0.1) is 18.5 Å². The summed E-state index contributed by atoms with van der Waals surface area (Å²) in [7, 11) is 1.51. The van der Waals surface area contributed by atoms with Crippen LogP contribution >= 0.6 is 11.3 Å². The van der Waals surface area contributed by atoms with Gasteiger partial charge in [0.2, 0.25) is 0 Å². The predicted octanol–water partition coefficient (Wildman–Crippen LogP) is 3.73. The summed E-state index contributed by atoms with van der Waals surface area (Å²) in [6, 6.07) is 15.2. The van der Waals surface area contributed by atoms with Gasteiger partial charge in [-0.05, 0) is 26.0 Å². The van der Waals surface area contributed by atoms with E-state index in [9.17, 15) is 9.59 Å². The number of ether oxygens (including phenoxy) is 1. The molecule has 0 spiro atoms. The molecule has 1 aromatic heterocycles. The van der Waals surface area contributed by atoms with Crippen LogP contribution in [0.4, 0.5) is 5.69 Å². The largest absolute Gasteiger partial charge is 0.495 e. The highest BCUT2D eigenvalue weighted by Gasteiger charge is 2.16. The van der Waals surface area contributed by atoms with Crippen molar-refractivity contribution in [3.8, 4) is 16.3 Å². The van der Waals surface area contributed by atoms with Gasteiger partial charge in [0.1, 0.15) is 10.8 Å². The fourth-order valence-electron chi connectivity index (χ4n) is 2.78. The van der Waals surface area contributed by atoms with E-state index in [2.05, 4.69) is 46.8 Å². The summed E-state index contributed by atoms with van der Waals surface area (Å²) in [6.45, 7) is 4.36. The lowest BCUT2D eigenvalue weighted by Crippen LogP contribution is -2.36. The van der Waals surface area contributed by atoms with Crippen LogP contribution in [0.15, 0.2) is 48.5 Å². The van der Waals surface area contributed by atoms with Gasteiger partial charge in [-0.15, -0.1) is 11.3 Å². The summed E-state index contributed by atoms with van der Waals surface area (Å²) in [4.78, 5) is 29.9. The average molecular weight is 410 g/mol. The molecular weight excluding hydrogens is 386 g/mol. The molecule has 0 bridgehead atoms. The topological polar surface area (TPSA) is 80.3 Å². The number of rotatable bonds is 6. The number of thiazole rings is 1. The number of nitrogens with zero attached hydrogens (tertiary/aromatic N) is 1. The SMILES string of the molecule is COc1ccccc1NC(=O)C(=O)NCCc1sc(-c2ccc(C)cc2)nc1C. The van der Waals surface area contributed by atoms with Crippen molar-refractivity contribution >= 4 is 28.8 Å². The van der Waals surface area contributed by atoms with Crippen molar-refractivity contribution in [2.75, 3.05) is 19.0 Å². The number of amides is 2. The first-order chi connectivity index (χ1) is 14.0. The highest BCUT2D eigenvalue weighted by Crippen LogP contribution is 2.28. The molecule has 2 aromatic carbocycles. The van der Waals surface area contributed by atoms with E-state index >= 15 is 0 Å². The van der Waals surface area contributed by atoms with E-state index in [0.717, 1.165) is 21.1 Å². The minimum Gasteiger partial charge on any atom is -0.495 e. The minimum absolute atomic E-state index is 0.356. The molecule has 3 rings (SSSR count). The quantitative estimate of drug-likeness (QED) is 0.608. The number of aryl methyl sites for hydroxylation is 2. The molecule has 0 aliphatic rings. The molecule has 0 unspecified atom stereocenters. The smallest absolute Gasteiger partial charge is 0.313 e. The molecule has 0 radical (unpaired) electrons. The standard InChI is InChI=1S/C22H23N3O3S/c1-14-8-10-16(11-9-14)22-24-15(2)19(29-22)12-13-23-20(26)21(27)25-17-6-4-5-7-18(17)28-3/h4-11H,12-13H2,1-3H3,(H,23,26)(H,25,27). The lowest BCUT2D eigenvalue weighted by Gasteiger charge is -2.09. The van der Waals surface area contributed by atoms with Gasteiger partial charge < -0.3 is 15.4 Å². The van der Waals surface area contributed by atoms with Gasteiger partial charge >= 0.3 is 11.8 Å². The molecule has 0 atom stereocenters. The fraction of sp³-hybridized carbons (Fsp3) is 0.227. The number of anilines is 1. The van der Waals surface area contributed by atoms with Crippen LogP contribution in [0, 0.1) is 13.8 Å². The van der Waals surface area contributed by atoms with E-state index in [1.807, 2.05) is 6.92 Å². The first-order valence-corrected chi connectivity index (χ1v) is 10.0. The molecule has 29 heavy (non-hydrogen) atoms. The third kappa shape index (κ3) is 5.20. The Kier molecular flexibility index (Phi) is 6.61. The lowest BCUT2D eigenvalue weighted by molar-refractivity contribution is -0.136. The Bertz CT molecular complexity index is 1010. The Hall–Kier alpha value is -3.19. The Morgan fingerprint density at radius 3 is 2.48 bits per heavy atom. The van der Waals surface area contributed by atoms with Crippen LogP contribution in [0.25, 0.3) is 10.6 Å². The Morgan fingerprint density at radius 2 is 1.76 bits per heavy atom. The van der Waals surface area contributed by atoms with Crippen LogP contribution < -0.4 is 15.4 Å². The lowest BCUT2D eigenvalue weighted by atomic mass is 10.2. The zero-order chi connectivity index (χ0) is 20.8. The number of hydrogen-bond donors (Lipinski definition) is 2. The Balaban J connectivity index is 1.55. The van der Waals surface area contributed by atoms with Gasteiger partial charge in [0.15, 0.2) is 0 Å². The van der Waals surface area contributed by atoms with E-state index in [-0.39, 0.29) is 0 Å².